The maximum Gasteiger partial charge on any atom is 0.170 e. The topological polar surface area (TPSA) is 24.1 Å². The van der Waals surface area contributed by atoms with Gasteiger partial charge in [0.05, 0.1) is 5.69 Å². The smallest absolute Gasteiger partial charge is 0.170 e. The van der Waals surface area contributed by atoms with Crippen LogP contribution in [0.2, 0.25) is 5.02 Å². The Morgan fingerprint density at radius 2 is 1.96 bits per heavy atom. The van der Waals surface area contributed by atoms with Crippen molar-refractivity contribution in [1.29, 1.82) is 0 Å². The second kappa shape index (κ2) is 9.81. The third-order valence-corrected chi connectivity index (χ3v) is 4.85. The Hall–Kier alpha value is -1.37. The van der Waals surface area contributed by atoms with Crippen LogP contribution < -0.4 is 10.6 Å². The summed E-state index contributed by atoms with van der Waals surface area (Å²) in [6.07, 6.45) is 0.906. The number of hydrogen-bond donors (Lipinski definition) is 2. The molecular formula is C17H17ClF2N2S2. The van der Waals surface area contributed by atoms with Crippen molar-refractivity contribution in [1.82, 2.24) is 5.32 Å². The first kappa shape index (κ1) is 19.0. The molecule has 0 bridgehead atoms. The van der Waals surface area contributed by atoms with Crippen molar-refractivity contribution in [3.05, 3.63) is 64.7 Å². The van der Waals surface area contributed by atoms with E-state index >= 15 is 0 Å². The summed E-state index contributed by atoms with van der Waals surface area (Å²) >= 11 is 13.0. The molecule has 0 saturated heterocycles. The Labute approximate surface area is 155 Å². The lowest BCUT2D eigenvalue weighted by Gasteiger charge is -2.11. The molecule has 0 radical (unpaired) electrons. The summed E-state index contributed by atoms with van der Waals surface area (Å²) in [6.45, 7) is 0.671. The van der Waals surface area contributed by atoms with E-state index in [4.69, 9.17) is 23.8 Å². The number of thioether (sulfide) groups is 1. The van der Waals surface area contributed by atoms with Crippen molar-refractivity contribution < 1.29 is 8.78 Å². The molecule has 0 atom stereocenters. The molecule has 0 heterocycles. The fraction of sp³-hybridized carbons (Fsp3) is 0.235. The first-order chi connectivity index (χ1) is 11.6. The lowest BCUT2D eigenvalue weighted by atomic mass is 10.2. The van der Waals surface area contributed by atoms with Gasteiger partial charge >= 0.3 is 0 Å². The van der Waals surface area contributed by atoms with Gasteiger partial charge in [0.1, 0.15) is 11.6 Å². The van der Waals surface area contributed by atoms with Crippen molar-refractivity contribution in [2.45, 2.75) is 12.2 Å². The molecule has 7 heteroatoms. The summed E-state index contributed by atoms with van der Waals surface area (Å²) in [5.41, 5.74) is 1.28. The SMILES string of the molecule is Fc1ccc(NC(=S)NCCCSCc2ccccc2Cl)c(F)c1. The maximum absolute atomic E-state index is 13.5. The second-order valence-electron chi connectivity index (χ2n) is 5.00. The number of thiocarbonyl (C=S) groups is 1. The van der Waals surface area contributed by atoms with Crippen molar-refractivity contribution >= 4 is 46.4 Å². The fourth-order valence-electron chi connectivity index (χ4n) is 1.93. The first-order valence-corrected chi connectivity index (χ1v) is 9.31. The summed E-state index contributed by atoms with van der Waals surface area (Å²) in [5, 5.41) is 6.82. The molecule has 2 aromatic carbocycles. The molecule has 24 heavy (non-hydrogen) atoms. The van der Waals surface area contributed by atoms with Crippen LogP contribution in [-0.2, 0) is 5.75 Å². The summed E-state index contributed by atoms with van der Waals surface area (Å²) < 4.78 is 26.3. The molecule has 0 aliphatic rings. The van der Waals surface area contributed by atoms with Crippen molar-refractivity contribution in [2.75, 3.05) is 17.6 Å². The summed E-state index contributed by atoms with van der Waals surface area (Å²) in [7, 11) is 0. The van der Waals surface area contributed by atoms with Gasteiger partial charge in [0.25, 0.3) is 0 Å². The van der Waals surface area contributed by atoms with E-state index in [1.165, 1.54) is 12.1 Å². The first-order valence-electron chi connectivity index (χ1n) is 7.37. The monoisotopic (exact) mass is 386 g/mol. The molecule has 0 unspecified atom stereocenters. The predicted molar refractivity (Wildman–Crippen MR) is 103 cm³/mol. The lowest BCUT2D eigenvalue weighted by molar-refractivity contribution is 0.586. The van der Waals surface area contributed by atoms with E-state index in [0.717, 1.165) is 34.6 Å². The summed E-state index contributed by atoms with van der Waals surface area (Å²) in [5.74, 6) is 0.524. The normalized spacial score (nSPS) is 10.5. The zero-order valence-corrected chi connectivity index (χ0v) is 15.2. The Morgan fingerprint density at radius 1 is 1.17 bits per heavy atom. The van der Waals surface area contributed by atoms with E-state index in [2.05, 4.69) is 10.6 Å². The van der Waals surface area contributed by atoms with Crippen molar-refractivity contribution in [2.24, 2.45) is 0 Å². The quantitative estimate of drug-likeness (QED) is 0.502. The van der Waals surface area contributed by atoms with Gasteiger partial charge in [-0.2, -0.15) is 11.8 Å². The van der Waals surface area contributed by atoms with E-state index < -0.39 is 11.6 Å². The number of halogens is 3. The maximum atomic E-state index is 13.5. The molecule has 0 saturated carbocycles. The van der Waals surface area contributed by atoms with Gasteiger partial charge in [-0.25, -0.2) is 8.78 Å². The second-order valence-corrected chi connectivity index (χ2v) is 6.92. The highest BCUT2D eigenvalue weighted by atomic mass is 35.5. The largest absolute Gasteiger partial charge is 0.362 e. The van der Waals surface area contributed by atoms with Gasteiger partial charge < -0.3 is 10.6 Å². The van der Waals surface area contributed by atoms with E-state index in [0.29, 0.717) is 11.7 Å². The Kier molecular flexibility index (Phi) is 7.75. The van der Waals surface area contributed by atoms with Crippen LogP contribution in [0.5, 0.6) is 0 Å². The summed E-state index contributed by atoms with van der Waals surface area (Å²) in [4.78, 5) is 0. The van der Waals surface area contributed by atoms with E-state index in [9.17, 15) is 8.78 Å². The number of hydrogen-bond acceptors (Lipinski definition) is 2. The van der Waals surface area contributed by atoms with E-state index in [-0.39, 0.29) is 5.69 Å². The Balaban J connectivity index is 1.62. The molecule has 0 aromatic heterocycles. The van der Waals surface area contributed by atoms with E-state index in [1.54, 1.807) is 11.8 Å². The third-order valence-electron chi connectivity index (χ3n) is 3.15. The third kappa shape index (κ3) is 6.26. The van der Waals surface area contributed by atoms with Crippen LogP contribution in [0.1, 0.15) is 12.0 Å². The van der Waals surface area contributed by atoms with Crippen LogP contribution in [-0.4, -0.2) is 17.4 Å². The number of nitrogens with one attached hydrogen (secondary N) is 2. The van der Waals surface area contributed by atoms with Gasteiger partial charge in [0, 0.05) is 23.4 Å². The fourth-order valence-corrected chi connectivity index (χ4v) is 3.39. The average molecular weight is 387 g/mol. The molecule has 2 aromatic rings. The van der Waals surface area contributed by atoms with Gasteiger partial charge in [-0.05, 0) is 48.2 Å². The minimum absolute atomic E-state index is 0.155. The molecule has 128 valence electrons. The zero-order chi connectivity index (χ0) is 17.4. The van der Waals surface area contributed by atoms with Crippen LogP contribution in [0, 0.1) is 11.6 Å². The molecule has 0 fully saturated rings. The molecule has 0 aliphatic heterocycles. The van der Waals surface area contributed by atoms with Gasteiger partial charge in [-0.15, -0.1) is 0 Å². The van der Waals surface area contributed by atoms with E-state index in [1.807, 2.05) is 24.3 Å². The number of anilines is 1. The average Bonchev–Trinajstić information content (AvgIpc) is 2.55. The van der Waals surface area contributed by atoms with Gasteiger partial charge in [-0.3, -0.25) is 0 Å². The summed E-state index contributed by atoms with van der Waals surface area (Å²) in [6, 6.07) is 11.1. The molecule has 0 amide bonds. The lowest BCUT2D eigenvalue weighted by Crippen LogP contribution is -2.29. The molecule has 2 rings (SSSR count). The van der Waals surface area contributed by atoms with Gasteiger partial charge in [0.2, 0.25) is 0 Å². The van der Waals surface area contributed by atoms with Gasteiger partial charge in [-0.1, -0.05) is 29.8 Å². The highest BCUT2D eigenvalue weighted by Gasteiger charge is 2.05. The zero-order valence-electron chi connectivity index (χ0n) is 12.8. The molecule has 0 aliphatic carbocycles. The van der Waals surface area contributed by atoms with Gasteiger partial charge in [0.15, 0.2) is 5.11 Å². The molecule has 0 spiro atoms. The minimum Gasteiger partial charge on any atom is -0.362 e. The van der Waals surface area contributed by atoms with Crippen molar-refractivity contribution in [3.63, 3.8) is 0 Å². The van der Waals surface area contributed by atoms with Crippen LogP contribution in [0.3, 0.4) is 0 Å². The van der Waals surface area contributed by atoms with Crippen LogP contribution in [0.15, 0.2) is 42.5 Å². The molecule has 2 nitrogen and oxygen atoms in total. The molecular weight excluding hydrogens is 370 g/mol. The highest BCUT2D eigenvalue weighted by Crippen LogP contribution is 2.21. The Morgan fingerprint density at radius 3 is 2.71 bits per heavy atom. The highest BCUT2D eigenvalue weighted by molar-refractivity contribution is 7.98. The number of rotatable bonds is 7. The predicted octanol–water partition coefficient (Wildman–Crippen LogP) is 5.23. The standard InChI is InChI=1S/C17H17ClF2N2S2/c18-14-5-2-1-4-12(14)11-24-9-3-8-21-17(23)22-16-7-6-13(19)10-15(16)20/h1-2,4-7,10H,3,8-9,11H2,(H2,21,22,23). The Bertz CT molecular complexity index is 698. The molecule has 2 N–H and O–H groups in total. The number of benzene rings is 2. The van der Waals surface area contributed by atoms with Crippen LogP contribution in [0.25, 0.3) is 0 Å². The van der Waals surface area contributed by atoms with Crippen LogP contribution >= 0.6 is 35.6 Å². The van der Waals surface area contributed by atoms with Crippen molar-refractivity contribution in [3.8, 4) is 0 Å². The minimum atomic E-state index is -0.672. The van der Waals surface area contributed by atoms with Crippen LogP contribution in [0.4, 0.5) is 14.5 Å².